The smallest absolute Gasteiger partial charge is 0.167 e. The summed E-state index contributed by atoms with van der Waals surface area (Å²) in [6, 6.07) is 0. The van der Waals surface area contributed by atoms with Gasteiger partial charge in [0.2, 0.25) is 0 Å². The minimum absolute atomic E-state index is 0.0590. The van der Waals surface area contributed by atoms with Crippen molar-refractivity contribution in [2.75, 3.05) is 6.54 Å². The van der Waals surface area contributed by atoms with Crippen LogP contribution < -0.4 is 16.4 Å². The molecule has 0 amide bonds. The largest absolute Gasteiger partial charge is 0.363 e. The predicted molar refractivity (Wildman–Crippen MR) is 36.3 cm³/mol. The topological polar surface area (TPSA) is 50.1 Å². The van der Waals surface area contributed by atoms with Gasteiger partial charge in [-0.3, -0.25) is 0 Å². The molecule has 46 valence electrons. The third-order valence-electron chi connectivity index (χ3n) is 1.06. The van der Waals surface area contributed by atoms with Gasteiger partial charge < -0.3 is 16.4 Å². The second-order valence-corrected chi connectivity index (χ2v) is 2.20. The lowest BCUT2D eigenvalue weighted by molar-refractivity contribution is 0.531. The molecule has 4 heteroatoms. The van der Waals surface area contributed by atoms with E-state index in [9.17, 15) is 0 Å². The lowest BCUT2D eigenvalue weighted by Crippen LogP contribution is -2.52. The first-order valence-corrected chi connectivity index (χ1v) is 3.00. The Morgan fingerprint density at radius 1 is 1.75 bits per heavy atom. The van der Waals surface area contributed by atoms with Gasteiger partial charge in [-0.15, -0.1) is 0 Å². The van der Waals surface area contributed by atoms with Crippen molar-refractivity contribution in [1.82, 2.24) is 10.6 Å². The van der Waals surface area contributed by atoms with E-state index in [1.165, 1.54) is 0 Å². The van der Waals surface area contributed by atoms with E-state index >= 15 is 0 Å². The molecule has 0 radical (unpaired) electrons. The first-order valence-electron chi connectivity index (χ1n) is 2.59. The molecule has 0 spiro atoms. The highest BCUT2D eigenvalue weighted by Gasteiger charge is 2.08. The second-order valence-electron chi connectivity index (χ2n) is 1.80. The van der Waals surface area contributed by atoms with Crippen LogP contribution in [0.3, 0.4) is 0 Å². The molecule has 1 unspecified atom stereocenters. The van der Waals surface area contributed by atoms with Gasteiger partial charge in [-0.25, -0.2) is 0 Å². The van der Waals surface area contributed by atoms with Crippen molar-refractivity contribution in [3.05, 3.63) is 0 Å². The SMILES string of the molecule is NC1CCNC(=S)N1. The molecule has 1 saturated heterocycles. The maximum atomic E-state index is 5.49. The van der Waals surface area contributed by atoms with Gasteiger partial charge in [-0.1, -0.05) is 0 Å². The Morgan fingerprint density at radius 2 is 2.50 bits per heavy atom. The lowest BCUT2D eigenvalue weighted by Gasteiger charge is -2.22. The molecule has 8 heavy (non-hydrogen) atoms. The molecular weight excluding hydrogens is 122 g/mol. The highest BCUT2D eigenvalue weighted by molar-refractivity contribution is 7.80. The molecule has 0 aromatic heterocycles. The van der Waals surface area contributed by atoms with Gasteiger partial charge in [0.05, 0.1) is 6.17 Å². The third-order valence-corrected chi connectivity index (χ3v) is 1.32. The van der Waals surface area contributed by atoms with Crippen LogP contribution in [0.5, 0.6) is 0 Å². The molecular formula is C4H9N3S. The van der Waals surface area contributed by atoms with Crippen LogP contribution in [0.2, 0.25) is 0 Å². The van der Waals surface area contributed by atoms with Crippen LogP contribution in [0.1, 0.15) is 6.42 Å². The summed E-state index contributed by atoms with van der Waals surface area (Å²) in [4.78, 5) is 0. The molecule has 4 N–H and O–H groups in total. The zero-order chi connectivity index (χ0) is 5.98. The van der Waals surface area contributed by atoms with Crippen molar-refractivity contribution in [2.24, 2.45) is 5.73 Å². The maximum Gasteiger partial charge on any atom is 0.167 e. The summed E-state index contributed by atoms with van der Waals surface area (Å²) in [5.74, 6) is 0. The monoisotopic (exact) mass is 131 g/mol. The zero-order valence-electron chi connectivity index (χ0n) is 4.48. The van der Waals surface area contributed by atoms with E-state index in [-0.39, 0.29) is 6.17 Å². The van der Waals surface area contributed by atoms with E-state index in [1.54, 1.807) is 0 Å². The summed E-state index contributed by atoms with van der Waals surface area (Å²) >= 11 is 4.78. The van der Waals surface area contributed by atoms with Crippen LogP contribution in [0.25, 0.3) is 0 Å². The van der Waals surface area contributed by atoms with Crippen molar-refractivity contribution >= 4 is 17.3 Å². The molecule has 1 aliphatic heterocycles. The van der Waals surface area contributed by atoms with Crippen LogP contribution in [-0.2, 0) is 0 Å². The van der Waals surface area contributed by atoms with Crippen LogP contribution in [0.15, 0.2) is 0 Å². The summed E-state index contributed by atoms with van der Waals surface area (Å²) in [6.07, 6.45) is 1.00. The molecule has 1 aliphatic rings. The minimum Gasteiger partial charge on any atom is -0.363 e. The number of nitrogens with one attached hydrogen (secondary N) is 2. The molecule has 1 heterocycles. The van der Waals surface area contributed by atoms with Crippen LogP contribution in [-0.4, -0.2) is 17.8 Å². The van der Waals surface area contributed by atoms with Crippen molar-refractivity contribution in [1.29, 1.82) is 0 Å². The fourth-order valence-corrected chi connectivity index (χ4v) is 0.886. The van der Waals surface area contributed by atoms with Crippen molar-refractivity contribution in [2.45, 2.75) is 12.6 Å². The van der Waals surface area contributed by atoms with E-state index in [2.05, 4.69) is 10.6 Å². The summed E-state index contributed by atoms with van der Waals surface area (Å²) in [5, 5.41) is 6.50. The Morgan fingerprint density at radius 3 is 2.88 bits per heavy atom. The summed E-state index contributed by atoms with van der Waals surface area (Å²) in [6.45, 7) is 0.896. The molecule has 3 nitrogen and oxygen atoms in total. The average molecular weight is 131 g/mol. The number of thiocarbonyl (C=S) groups is 1. The Hall–Kier alpha value is -0.350. The summed E-state index contributed by atoms with van der Waals surface area (Å²) in [5.41, 5.74) is 5.49. The van der Waals surface area contributed by atoms with Crippen molar-refractivity contribution in [3.63, 3.8) is 0 Å². The number of hydrogen-bond acceptors (Lipinski definition) is 2. The molecule has 0 bridgehead atoms. The molecule has 1 atom stereocenters. The Labute approximate surface area is 53.6 Å². The molecule has 0 aromatic carbocycles. The highest BCUT2D eigenvalue weighted by atomic mass is 32.1. The quantitative estimate of drug-likeness (QED) is 0.374. The minimum atomic E-state index is 0.0590. The molecule has 1 rings (SSSR count). The fourth-order valence-electron chi connectivity index (χ4n) is 0.633. The average Bonchev–Trinajstić information content (AvgIpc) is 1.64. The van der Waals surface area contributed by atoms with Crippen LogP contribution in [0, 0.1) is 0 Å². The predicted octanol–water partition coefficient (Wildman–Crippen LogP) is -0.861. The van der Waals surface area contributed by atoms with E-state index in [0.717, 1.165) is 13.0 Å². The summed E-state index contributed by atoms with van der Waals surface area (Å²) < 4.78 is 0. The first-order chi connectivity index (χ1) is 3.79. The number of nitrogens with two attached hydrogens (primary N) is 1. The normalized spacial score (nSPS) is 28.6. The Balaban J connectivity index is 2.34. The molecule has 0 saturated carbocycles. The number of hydrogen-bond donors (Lipinski definition) is 3. The van der Waals surface area contributed by atoms with Gasteiger partial charge in [-0.2, -0.15) is 0 Å². The molecule has 0 aromatic rings. The van der Waals surface area contributed by atoms with E-state index in [0.29, 0.717) is 5.11 Å². The lowest BCUT2D eigenvalue weighted by atomic mass is 10.3. The van der Waals surface area contributed by atoms with Gasteiger partial charge in [0, 0.05) is 6.54 Å². The van der Waals surface area contributed by atoms with Crippen LogP contribution >= 0.6 is 12.2 Å². The van der Waals surface area contributed by atoms with Gasteiger partial charge in [0.25, 0.3) is 0 Å². The van der Waals surface area contributed by atoms with Gasteiger partial charge in [0.1, 0.15) is 0 Å². The zero-order valence-corrected chi connectivity index (χ0v) is 5.29. The molecule has 0 aliphatic carbocycles. The van der Waals surface area contributed by atoms with E-state index in [4.69, 9.17) is 18.0 Å². The standard InChI is InChI=1S/C4H9N3S/c5-3-1-2-6-4(8)7-3/h3H,1-2,5H2,(H2,6,7,8). The van der Waals surface area contributed by atoms with Gasteiger partial charge in [-0.05, 0) is 18.6 Å². The van der Waals surface area contributed by atoms with Gasteiger partial charge >= 0.3 is 0 Å². The van der Waals surface area contributed by atoms with Gasteiger partial charge in [0.15, 0.2) is 5.11 Å². The van der Waals surface area contributed by atoms with Crippen molar-refractivity contribution < 1.29 is 0 Å². The third kappa shape index (κ3) is 1.31. The number of rotatable bonds is 0. The first kappa shape index (κ1) is 5.78. The fraction of sp³-hybridized carbons (Fsp3) is 0.750. The van der Waals surface area contributed by atoms with E-state index in [1.807, 2.05) is 0 Å². The van der Waals surface area contributed by atoms with E-state index < -0.39 is 0 Å². The Bertz CT molecular complexity index is 103. The second kappa shape index (κ2) is 2.28. The molecule has 1 fully saturated rings. The maximum absolute atomic E-state index is 5.49. The summed E-state index contributed by atoms with van der Waals surface area (Å²) in [7, 11) is 0. The Kier molecular flexibility index (Phi) is 1.65. The van der Waals surface area contributed by atoms with Crippen molar-refractivity contribution in [3.8, 4) is 0 Å². The van der Waals surface area contributed by atoms with Crippen LogP contribution in [0.4, 0.5) is 0 Å². The highest BCUT2D eigenvalue weighted by Crippen LogP contribution is 1.87.